The molecule has 0 radical (unpaired) electrons. The Hall–Kier alpha value is -6.21. The summed E-state index contributed by atoms with van der Waals surface area (Å²) in [7, 11) is 0. The highest BCUT2D eigenvalue weighted by atomic mass is 16.5. The number of nitrogens with one attached hydrogen (secondary N) is 2. The zero-order chi connectivity index (χ0) is 30.5. The number of benzene rings is 4. The zero-order valence-corrected chi connectivity index (χ0v) is 24.8. The Morgan fingerprint density at radius 3 is 2.37 bits per heavy atom. The van der Waals surface area contributed by atoms with Gasteiger partial charge in [-0.25, -0.2) is 9.97 Å². The minimum absolute atomic E-state index is 0.230. The molecule has 0 fully saturated rings. The van der Waals surface area contributed by atoms with Crippen LogP contribution in [0.1, 0.15) is 17.5 Å². The lowest BCUT2D eigenvalue weighted by Crippen LogP contribution is -2.09. The van der Waals surface area contributed by atoms with E-state index >= 15 is 0 Å². The van der Waals surface area contributed by atoms with Crippen molar-refractivity contribution in [1.29, 1.82) is 0 Å². The van der Waals surface area contributed by atoms with E-state index in [1.165, 1.54) is 0 Å². The monoisotopic (exact) mass is 596 g/mol. The van der Waals surface area contributed by atoms with E-state index in [4.69, 9.17) is 14.7 Å². The molecular weight excluding hydrogens is 568 g/mol. The Morgan fingerprint density at radius 1 is 0.739 bits per heavy atom. The van der Waals surface area contributed by atoms with Crippen LogP contribution in [-0.2, 0) is 0 Å². The van der Waals surface area contributed by atoms with Gasteiger partial charge in [-0.2, -0.15) is 0 Å². The van der Waals surface area contributed by atoms with Crippen molar-refractivity contribution < 1.29 is 4.74 Å². The van der Waals surface area contributed by atoms with Gasteiger partial charge < -0.3 is 19.9 Å². The third-order valence-electron chi connectivity index (χ3n) is 8.62. The van der Waals surface area contributed by atoms with Crippen LogP contribution in [0.2, 0.25) is 0 Å². The van der Waals surface area contributed by atoms with Crippen molar-refractivity contribution >= 4 is 33.1 Å². The summed E-state index contributed by atoms with van der Waals surface area (Å²) in [6, 6.07) is 37.6. The fourth-order valence-corrected chi connectivity index (χ4v) is 6.41. The van der Waals surface area contributed by atoms with Crippen molar-refractivity contribution in [3.05, 3.63) is 151 Å². The van der Waals surface area contributed by atoms with Crippen molar-refractivity contribution in [1.82, 2.24) is 24.8 Å². The second-order valence-corrected chi connectivity index (χ2v) is 11.4. The van der Waals surface area contributed by atoms with E-state index in [-0.39, 0.29) is 6.23 Å². The molecule has 7 nitrogen and oxygen atoms in total. The molecule has 2 N–H and O–H groups in total. The van der Waals surface area contributed by atoms with Crippen LogP contribution in [0.25, 0.3) is 55.7 Å². The number of allylic oxidation sites excluding steroid dienone is 2. The number of anilines is 1. The summed E-state index contributed by atoms with van der Waals surface area (Å²) >= 11 is 0. The van der Waals surface area contributed by atoms with Gasteiger partial charge in [-0.15, -0.1) is 0 Å². The summed E-state index contributed by atoms with van der Waals surface area (Å²) in [5.41, 5.74) is 10.1. The average Bonchev–Trinajstić information content (AvgIpc) is 3.72. The Bertz CT molecular complexity index is 2310. The molecule has 2 aliphatic rings. The smallest absolute Gasteiger partial charge is 0.196 e. The van der Waals surface area contributed by atoms with Gasteiger partial charge in [0, 0.05) is 46.7 Å². The van der Waals surface area contributed by atoms with Gasteiger partial charge in [-0.1, -0.05) is 54.6 Å². The van der Waals surface area contributed by atoms with Gasteiger partial charge in [0.25, 0.3) is 0 Å². The first-order valence-corrected chi connectivity index (χ1v) is 15.4. The Balaban J connectivity index is 1.14. The van der Waals surface area contributed by atoms with Gasteiger partial charge in [-0.3, -0.25) is 4.98 Å². The molecule has 0 saturated carbocycles. The third kappa shape index (κ3) is 4.40. The minimum Gasteiger partial charge on any atom is -0.464 e. The first-order valence-electron chi connectivity index (χ1n) is 15.4. The molecule has 3 aromatic heterocycles. The average molecular weight is 597 g/mol. The van der Waals surface area contributed by atoms with Crippen LogP contribution >= 0.6 is 0 Å². The van der Waals surface area contributed by atoms with Crippen LogP contribution < -0.4 is 15.4 Å². The number of hydrogen-bond donors (Lipinski definition) is 2. The van der Waals surface area contributed by atoms with E-state index in [1.807, 2.05) is 42.6 Å². The van der Waals surface area contributed by atoms with Gasteiger partial charge in [0.1, 0.15) is 0 Å². The highest BCUT2D eigenvalue weighted by Crippen LogP contribution is 2.47. The molecule has 46 heavy (non-hydrogen) atoms. The van der Waals surface area contributed by atoms with Crippen LogP contribution in [0.5, 0.6) is 5.75 Å². The van der Waals surface area contributed by atoms with Crippen LogP contribution in [0.3, 0.4) is 0 Å². The Morgan fingerprint density at radius 2 is 1.54 bits per heavy atom. The Kier molecular flexibility index (Phi) is 6.13. The maximum atomic E-state index is 6.59. The summed E-state index contributed by atoms with van der Waals surface area (Å²) in [5.74, 6) is 1.56. The van der Waals surface area contributed by atoms with E-state index in [0.717, 1.165) is 79.1 Å². The first-order chi connectivity index (χ1) is 22.8. The third-order valence-corrected chi connectivity index (χ3v) is 8.62. The normalized spacial score (nSPS) is 15.2. The summed E-state index contributed by atoms with van der Waals surface area (Å²) < 4.78 is 8.90. The lowest BCUT2D eigenvalue weighted by atomic mass is 10.1. The topological polar surface area (TPSA) is 76.9 Å². The molecule has 0 aliphatic carbocycles. The van der Waals surface area contributed by atoms with Crippen LogP contribution in [0.15, 0.2) is 140 Å². The standard InChI is InChI=1S/C39H28N6O/c1-2-6-28(7-3-1)39-44-31-14-15-35-36(37(31)46-39)30-8-4-5-9-34(30)45(35)29-12-10-27(11-13-29)38-42-32(25-16-20-40-21-17-25)24-33(43-38)26-18-22-41-23-19-26/h1-22,24,39,41,44H,23H2. The molecule has 0 saturated heterocycles. The molecule has 2 aliphatic heterocycles. The number of para-hydroxylation sites is 1. The van der Waals surface area contributed by atoms with Crippen LogP contribution in [0, 0.1) is 0 Å². The van der Waals surface area contributed by atoms with Crippen LogP contribution in [0.4, 0.5) is 5.69 Å². The molecule has 0 bridgehead atoms. The van der Waals surface area contributed by atoms with E-state index < -0.39 is 0 Å². The van der Waals surface area contributed by atoms with Crippen molar-refractivity contribution in [2.24, 2.45) is 0 Å². The molecule has 7 heteroatoms. The molecule has 9 rings (SSSR count). The number of aromatic nitrogens is 4. The largest absolute Gasteiger partial charge is 0.464 e. The molecule has 4 aromatic carbocycles. The number of fused-ring (bicyclic) bond motifs is 5. The van der Waals surface area contributed by atoms with Crippen LogP contribution in [-0.4, -0.2) is 26.1 Å². The van der Waals surface area contributed by atoms with Crippen molar-refractivity contribution in [2.75, 3.05) is 11.9 Å². The van der Waals surface area contributed by atoms with Crippen molar-refractivity contribution in [3.63, 3.8) is 0 Å². The number of nitrogens with zero attached hydrogens (tertiary/aromatic N) is 4. The SMILES string of the molecule is C1=CC(c2cc(-c3ccncc3)nc(-c3ccc(-n4c5ccccc5c5c6c(ccc54)NC(c4ccccc4)O6)cc3)n2)=CCN1. The number of dihydropyridines is 1. The summed E-state index contributed by atoms with van der Waals surface area (Å²) in [5, 5.41) is 9.04. The van der Waals surface area contributed by atoms with Gasteiger partial charge in [-0.05, 0) is 78.5 Å². The van der Waals surface area contributed by atoms with Crippen molar-refractivity contribution in [3.8, 4) is 34.1 Å². The molecule has 5 heterocycles. The highest BCUT2D eigenvalue weighted by Gasteiger charge is 2.28. The van der Waals surface area contributed by atoms with Crippen molar-refractivity contribution in [2.45, 2.75) is 6.23 Å². The quantitative estimate of drug-likeness (QED) is 0.208. The summed E-state index contributed by atoms with van der Waals surface area (Å²) in [6.07, 6.45) is 9.51. The van der Waals surface area contributed by atoms with Gasteiger partial charge >= 0.3 is 0 Å². The second kappa shape index (κ2) is 10.7. The number of rotatable bonds is 5. The number of hydrogen-bond acceptors (Lipinski definition) is 6. The molecule has 0 amide bonds. The van der Waals surface area contributed by atoms with E-state index in [1.54, 1.807) is 12.4 Å². The summed E-state index contributed by atoms with van der Waals surface area (Å²) in [4.78, 5) is 14.2. The Labute approximate surface area is 265 Å². The minimum atomic E-state index is -0.230. The molecule has 220 valence electrons. The maximum absolute atomic E-state index is 6.59. The van der Waals surface area contributed by atoms with Gasteiger partial charge in [0.2, 0.25) is 0 Å². The zero-order valence-electron chi connectivity index (χ0n) is 24.8. The highest BCUT2D eigenvalue weighted by molar-refractivity contribution is 6.14. The molecular formula is C39H28N6O. The number of ether oxygens (including phenoxy) is 1. The predicted molar refractivity (Wildman–Crippen MR) is 184 cm³/mol. The second-order valence-electron chi connectivity index (χ2n) is 11.4. The van der Waals surface area contributed by atoms with Gasteiger partial charge in [0.05, 0.1) is 33.5 Å². The fourth-order valence-electron chi connectivity index (χ4n) is 6.41. The van der Waals surface area contributed by atoms with Gasteiger partial charge in [0.15, 0.2) is 17.8 Å². The first kappa shape index (κ1) is 26.2. The lowest BCUT2D eigenvalue weighted by molar-refractivity contribution is 0.263. The molecule has 1 unspecified atom stereocenters. The van der Waals surface area contributed by atoms with E-state index in [2.05, 4.69) is 105 Å². The summed E-state index contributed by atoms with van der Waals surface area (Å²) in [6.45, 7) is 0.764. The number of pyridine rings is 1. The molecule has 7 aromatic rings. The fraction of sp³-hybridized carbons (Fsp3) is 0.0513. The molecule has 0 spiro atoms. The lowest BCUT2D eigenvalue weighted by Gasteiger charge is -2.13. The van der Waals surface area contributed by atoms with E-state index in [9.17, 15) is 0 Å². The predicted octanol–water partition coefficient (Wildman–Crippen LogP) is 8.31. The maximum Gasteiger partial charge on any atom is 0.196 e. The van der Waals surface area contributed by atoms with E-state index in [0.29, 0.717) is 5.82 Å². The molecule has 1 atom stereocenters.